The van der Waals surface area contributed by atoms with E-state index in [1.165, 1.54) is 167 Å². The Hall–Kier alpha value is -13.9. The molecule has 0 bridgehead atoms. The van der Waals surface area contributed by atoms with Crippen LogP contribution < -0.4 is 0 Å². The van der Waals surface area contributed by atoms with Crippen LogP contribution in [0.5, 0.6) is 0 Å². The minimum atomic E-state index is 0.916. The maximum atomic E-state index is 6.26. The number of halogens is 6. The molecule has 0 saturated carbocycles. The molecular formula is C120H66Br6O6. The summed E-state index contributed by atoms with van der Waals surface area (Å²) < 4.78 is 43.4. The molecule has 132 heavy (non-hydrogen) atoms. The normalized spacial score (nSPS) is 11.9. The lowest BCUT2D eigenvalue weighted by Gasteiger charge is -2.05. The van der Waals surface area contributed by atoms with Gasteiger partial charge in [0.25, 0.3) is 0 Å². The molecule has 0 aliphatic rings. The van der Waals surface area contributed by atoms with Crippen molar-refractivity contribution in [3.05, 3.63) is 427 Å². The summed E-state index contributed by atoms with van der Waals surface area (Å²) in [5.74, 6) is 0. The third kappa shape index (κ3) is 13.2. The number of furan rings is 6. The molecule has 0 unspecified atom stereocenters. The van der Waals surface area contributed by atoms with E-state index in [1.807, 2.05) is 24.3 Å². The van der Waals surface area contributed by atoms with Crippen LogP contribution in [0.15, 0.2) is 454 Å². The molecule has 12 heteroatoms. The Morgan fingerprint density at radius 2 is 0.470 bits per heavy atom. The summed E-state index contributed by atoms with van der Waals surface area (Å²) in [5.41, 5.74) is 11.3. The van der Waals surface area contributed by atoms with E-state index in [-0.39, 0.29) is 0 Å². The van der Waals surface area contributed by atoms with Crippen LogP contribution in [0.3, 0.4) is 0 Å². The fraction of sp³-hybridized carbons (Fsp3) is 0. The number of rotatable bonds is 0. The molecule has 24 aromatic carbocycles. The SMILES string of the molecule is Brc1c2ccccc2cc2c1oc1ccc3ccccc3c12.Brc1cc2c(oc3ccc4ccccc4c32)c2ccccc12.Brc1cc2ccccc2c2c1oc1ccc3ccccc3c12.Brc1ccc2c(c1)oc1c3ccccc3c3ccccc3c21.Brc1ccc2oc3c4ccccc4c4ccccc4c3c2c1.Brc1cccc2c1oc1c3ccccc3c3ccccc3c21. The monoisotopic (exact) mass is 2080 g/mol. The van der Waals surface area contributed by atoms with Crippen molar-refractivity contribution in [3.8, 4) is 0 Å². The van der Waals surface area contributed by atoms with E-state index in [1.54, 1.807) is 0 Å². The average Bonchev–Trinajstić information content (AvgIpc) is 1.40. The van der Waals surface area contributed by atoms with E-state index in [4.69, 9.17) is 26.5 Å². The second-order valence-corrected chi connectivity index (χ2v) is 38.4. The Morgan fingerprint density at radius 3 is 1.00 bits per heavy atom. The van der Waals surface area contributed by atoms with E-state index in [0.717, 1.165) is 121 Å². The Labute approximate surface area is 802 Å². The van der Waals surface area contributed by atoms with Gasteiger partial charge in [0, 0.05) is 99.6 Å². The van der Waals surface area contributed by atoms with Gasteiger partial charge < -0.3 is 26.5 Å². The van der Waals surface area contributed by atoms with Crippen molar-refractivity contribution in [2.45, 2.75) is 0 Å². The zero-order valence-electron chi connectivity index (χ0n) is 69.8. The first kappa shape index (κ1) is 80.2. The van der Waals surface area contributed by atoms with E-state index in [9.17, 15) is 0 Å². The lowest BCUT2D eigenvalue weighted by atomic mass is 9.97. The summed E-state index contributed by atoms with van der Waals surface area (Å²) >= 11 is 21.8. The zero-order chi connectivity index (χ0) is 88.1. The topological polar surface area (TPSA) is 78.8 Å². The second-order valence-electron chi connectivity index (χ2n) is 33.2. The molecule has 0 aliphatic heterocycles. The number of para-hydroxylation sites is 1. The van der Waals surface area contributed by atoms with E-state index in [0.29, 0.717) is 0 Å². The summed E-state index contributed by atoms with van der Waals surface area (Å²) in [5, 5.41) is 43.6. The highest BCUT2D eigenvalue weighted by molar-refractivity contribution is 9.11. The lowest BCUT2D eigenvalue weighted by Crippen LogP contribution is -1.79. The van der Waals surface area contributed by atoms with Crippen LogP contribution in [-0.4, -0.2) is 0 Å². The van der Waals surface area contributed by atoms with Crippen molar-refractivity contribution in [1.29, 1.82) is 0 Å². The first-order valence-corrected chi connectivity index (χ1v) is 48.2. The molecule has 0 N–H and O–H groups in total. The van der Waals surface area contributed by atoms with Gasteiger partial charge in [-0.05, 0) is 234 Å². The molecule has 0 radical (unpaired) electrons. The van der Waals surface area contributed by atoms with Gasteiger partial charge in [-0.3, -0.25) is 0 Å². The zero-order valence-corrected chi connectivity index (χ0v) is 79.3. The van der Waals surface area contributed by atoms with Gasteiger partial charge in [-0.2, -0.15) is 0 Å². The van der Waals surface area contributed by atoms with Crippen LogP contribution in [0.4, 0.5) is 0 Å². The molecule has 30 rings (SSSR count). The van der Waals surface area contributed by atoms with Gasteiger partial charge in [-0.25, -0.2) is 0 Å². The highest BCUT2D eigenvalue weighted by atomic mass is 79.9. The molecule has 6 nitrogen and oxygen atoms in total. The van der Waals surface area contributed by atoms with E-state index >= 15 is 0 Å². The minimum absolute atomic E-state index is 0.916. The smallest absolute Gasteiger partial charge is 0.150 e. The predicted octanol–water partition coefficient (Wildman–Crippen LogP) is 39.9. The van der Waals surface area contributed by atoms with Crippen molar-refractivity contribution in [1.82, 2.24) is 0 Å². The molecule has 6 aromatic heterocycles. The molecule has 0 fully saturated rings. The van der Waals surface area contributed by atoms with Gasteiger partial charge in [0.2, 0.25) is 0 Å². The molecule has 0 atom stereocenters. The number of benzene rings is 24. The molecule has 0 saturated heterocycles. The van der Waals surface area contributed by atoms with Crippen molar-refractivity contribution in [2.75, 3.05) is 0 Å². The summed E-state index contributed by atoms with van der Waals surface area (Å²) in [6.07, 6.45) is 0. The Bertz CT molecular complexity index is 9920. The Morgan fingerprint density at radius 1 is 0.129 bits per heavy atom. The van der Waals surface area contributed by atoms with Crippen molar-refractivity contribution < 1.29 is 26.5 Å². The van der Waals surface area contributed by atoms with Crippen molar-refractivity contribution >= 4 is 356 Å². The number of fused-ring (bicyclic) bond motifs is 44. The molecular weight excluding hydrogens is 2020 g/mol. The Kier molecular flexibility index (Phi) is 19.8. The second kappa shape index (κ2) is 32.6. The van der Waals surface area contributed by atoms with Gasteiger partial charge in [0.15, 0.2) is 0 Å². The van der Waals surface area contributed by atoms with Gasteiger partial charge >= 0.3 is 0 Å². The fourth-order valence-corrected chi connectivity index (χ4v) is 23.0. The quantitative estimate of drug-likeness (QED) is 0.141. The summed E-state index contributed by atoms with van der Waals surface area (Å²) in [4.78, 5) is 0. The van der Waals surface area contributed by atoms with Crippen LogP contribution in [0, 0.1) is 0 Å². The number of hydrogen-bond acceptors (Lipinski definition) is 6. The van der Waals surface area contributed by atoms with Crippen LogP contribution in [0.1, 0.15) is 0 Å². The van der Waals surface area contributed by atoms with Gasteiger partial charge in [0.1, 0.15) is 67.0 Å². The van der Waals surface area contributed by atoms with Crippen LogP contribution in [0.25, 0.3) is 261 Å². The van der Waals surface area contributed by atoms with Crippen LogP contribution in [-0.2, 0) is 0 Å². The standard InChI is InChI=1S/6C20H11BrO/c21-17-11-5-10-16-18-14-8-3-1-6-12(14)13-7-2-4-9-15(13)20(18)22-19(16)17;21-12-9-10-18-17(11-12)19-15-7-3-1-5-13(15)14-6-2-4-8-16(14)20(19)22-18;21-12-9-10-17-18(11-12)22-20-16-8-4-2-6-14(16)13-5-1-3-7-15(13)19(17)20;21-16-11-13-6-2-4-8-15(13)19-18-14-7-3-1-5-12(14)9-10-17(18)22-20(16)19;21-19-15-8-4-2-6-13(15)11-16-18-14-7-3-1-5-12(14)9-10-17(18)22-20(16)19;21-17-11-16-19-13-6-2-1-5-12(13)9-10-18(19)22-20(16)15-8-4-3-7-14(15)17/h6*1-11H. The third-order valence-corrected chi connectivity index (χ3v) is 29.5. The molecule has 0 aliphatic carbocycles. The van der Waals surface area contributed by atoms with Crippen LogP contribution in [0.2, 0.25) is 0 Å². The first-order chi connectivity index (χ1) is 65.0. The fourth-order valence-electron chi connectivity index (χ4n) is 20.1. The van der Waals surface area contributed by atoms with Crippen molar-refractivity contribution in [2.24, 2.45) is 0 Å². The van der Waals surface area contributed by atoms with Gasteiger partial charge in [-0.1, -0.05) is 369 Å². The molecule has 624 valence electrons. The maximum Gasteiger partial charge on any atom is 0.150 e. The van der Waals surface area contributed by atoms with Crippen molar-refractivity contribution in [3.63, 3.8) is 0 Å². The lowest BCUT2D eigenvalue weighted by molar-refractivity contribution is 0.667. The number of hydrogen-bond donors (Lipinski definition) is 0. The molecule has 30 aromatic rings. The van der Waals surface area contributed by atoms with E-state index < -0.39 is 0 Å². The molecule has 6 heterocycles. The predicted molar refractivity (Wildman–Crippen MR) is 579 cm³/mol. The highest BCUT2D eigenvalue weighted by Crippen LogP contribution is 2.50. The maximum absolute atomic E-state index is 6.26. The minimum Gasteiger partial charge on any atom is -0.455 e. The molecule has 0 spiro atoms. The third-order valence-electron chi connectivity index (χ3n) is 25.9. The Balaban J connectivity index is 0.0000000851. The van der Waals surface area contributed by atoms with E-state index in [2.05, 4.69) is 472 Å². The van der Waals surface area contributed by atoms with Gasteiger partial charge in [0.05, 0.1) is 13.4 Å². The average molecular weight is 2080 g/mol. The summed E-state index contributed by atoms with van der Waals surface area (Å²) in [6.45, 7) is 0. The summed E-state index contributed by atoms with van der Waals surface area (Å²) in [7, 11) is 0. The first-order valence-electron chi connectivity index (χ1n) is 43.4. The van der Waals surface area contributed by atoms with Gasteiger partial charge in [-0.15, -0.1) is 0 Å². The highest BCUT2D eigenvalue weighted by Gasteiger charge is 2.24. The molecule has 0 amide bonds. The summed E-state index contributed by atoms with van der Waals surface area (Å²) in [6, 6.07) is 139. The largest absolute Gasteiger partial charge is 0.455 e. The van der Waals surface area contributed by atoms with Crippen LogP contribution >= 0.6 is 95.6 Å².